The molecule has 57 heavy (non-hydrogen) atoms. The van der Waals surface area contributed by atoms with Crippen molar-refractivity contribution in [2.24, 2.45) is 0 Å². The minimum atomic E-state index is 0.0212. The third-order valence-corrected chi connectivity index (χ3v) is 13.8. The fourth-order valence-corrected chi connectivity index (χ4v) is 11.6. The van der Waals surface area contributed by atoms with E-state index in [0.717, 1.165) is 5.69 Å². The summed E-state index contributed by atoms with van der Waals surface area (Å²) < 4.78 is 0. The molecule has 0 unspecified atom stereocenters. The molecule has 3 aliphatic rings. The molecule has 0 aromatic heterocycles. The molecule has 0 atom stereocenters. The number of rotatable bonds is 3. The Morgan fingerprint density at radius 1 is 0.368 bits per heavy atom. The van der Waals surface area contributed by atoms with Crippen molar-refractivity contribution in [2.75, 3.05) is 9.80 Å². The molecule has 0 radical (unpaired) electrons. The van der Waals surface area contributed by atoms with E-state index in [4.69, 9.17) is 0 Å². The van der Waals surface area contributed by atoms with Crippen LogP contribution in [0.25, 0.3) is 32.3 Å². The Kier molecular flexibility index (Phi) is 6.59. The van der Waals surface area contributed by atoms with Crippen LogP contribution in [0, 0.1) is 0 Å². The summed E-state index contributed by atoms with van der Waals surface area (Å²) in [5, 5.41) is 7.75. The van der Waals surface area contributed by atoms with Gasteiger partial charge in [0.05, 0.1) is 28.4 Å². The molecule has 2 nitrogen and oxygen atoms in total. The molecule has 0 amide bonds. The standard InChI is InChI=1S/C52H32B2N2S/c1-3-16-36(17-4-1)53-39-20-7-8-21-40(39)54-41-22-9-12-25-46(41)57-47-32-45-52(51(53)50(47)54)55(37-18-5-2-6-19-37)43-23-10-11-24-44(43)56(45)42-31-29-35-27-26-33-14-13-15-34-28-30-38(42)49(35)48(33)34/h1-32H. The van der Waals surface area contributed by atoms with E-state index < -0.39 is 0 Å². The fraction of sp³-hybridized carbons (Fsp3) is 0. The van der Waals surface area contributed by atoms with Crippen LogP contribution in [0.3, 0.4) is 0 Å². The molecule has 0 saturated heterocycles. The van der Waals surface area contributed by atoms with Gasteiger partial charge in [-0.3, -0.25) is 0 Å². The molecule has 0 aliphatic carbocycles. The molecule has 10 aromatic rings. The van der Waals surface area contributed by atoms with Crippen LogP contribution in [0.4, 0.5) is 34.1 Å². The van der Waals surface area contributed by atoms with E-state index in [2.05, 4.69) is 204 Å². The SMILES string of the molecule is c1ccc(B2c3ccccc3B3c4ccccc4Sc4cc5c(c2c43)N(c2ccccc2)c2ccccc2N5c2ccc3ccc4cccc5ccc2c3c45)cc1. The van der Waals surface area contributed by atoms with Gasteiger partial charge in [0.25, 0.3) is 0 Å². The molecule has 10 aromatic carbocycles. The first-order valence-corrected chi connectivity index (χ1v) is 20.7. The molecule has 13 rings (SSSR count). The van der Waals surface area contributed by atoms with Gasteiger partial charge in [-0.1, -0.05) is 191 Å². The van der Waals surface area contributed by atoms with E-state index in [1.54, 1.807) is 0 Å². The molecule has 0 saturated carbocycles. The third-order valence-electron chi connectivity index (χ3n) is 12.7. The summed E-state index contributed by atoms with van der Waals surface area (Å²) in [5.41, 5.74) is 15.4. The topological polar surface area (TPSA) is 6.48 Å². The largest absolute Gasteiger partial charge is 0.307 e. The van der Waals surface area contributed by atoms with Crippen molar-refractivity contribution in [3.8, 4) is 0 Å². The van der Waals surface area contributed by atoms with Crippen LogP contribution in [0.1, 0.15) is 0 Å². The maximum absolute atomic E-state index is 2.59. The Labute approximate surface area is 336 Å². The summed E-state index contributed by atoms with van der Waals surface area (Å²) in [4.78, 5) is 7.82. The lowest BCUT2D eigenvalue weighted by atomic mass is 9.20. The van der Waals surface area contributed by atoms with Gasteiger partial charge in [-0.25, -0.2) is 0 Å². The molecule has 3 aliphatic heterocycles. The second-order valence-electron chi connectivity index (χ2n) is 15.6. The summed E-state index contributed by atoms with van der Waals surface area (Å²) in [7, 11) is 0. The second-order valence-corrected chi connectivity index (χ2v) is 16.6. The number of fused-ring (bicyclic) bond motifs is 7. The van der Waals surface area contributed by atoms with Gasteiger partial charge in [0, 0.05) is 20.9 Å². The molecule has 0 fully saturated rings. The Hall–Kier alpha value is -6.68. The number of hydrogen-bond donors (Lipinski definition) is 0. The van der Waals surface area contributed by atoms with Crippen LogP contribution in [-0.2, 0) is 0 Å². The Bertz CT molecular complexity index is 3240. The van der Waals surface area contributed by atoms with Crippen molar-refractivity contribution < 1.29 is 0 Å². The minimum Gasteiger partial charge on any atom is -0.307 e. The first-order chi connectivity index (χ1) is 28.3. The van der Waals surface area contributed by atoms with Gasteiger partial charge in [0.15, 0.2) is 0 Å². The lowest BCUT2D eigenvalue weighted by molar-refractivity contribution is 1.17. The number of anilines is 6. The summed E-state index contributed by atoms with van der Waals surface area (Å²) >= 11 is 1.93. The van der Waals surface area contributed by atoms with E-state index in [1.807, 2.05) is 11.8 Å². The molecular formula is C52H32B2N2S. The monoisotopic (exact) mass is 738 g/mol. The van der Waals surface area contributed by atoms with E-state index in [1.165, 1.54) is 103 Å². The van der Waals surface area contributed by atoms with Crippen molar-refractivity contribution in [2.45, 2.75) is 9.79 Å². The van der Waals surface area contributed by atoms with Crippen molar-refractivity contribution >= 4 is 124 Å². The van der Waals surface area contributed by atoms with Gasteiger partial charge < -0.3 is 9.80 Å². The van der Waals surface area contributed by atoms with Crippen molar-refractivity contribution in [1.82, 2.24) is 0 Å². The van der Waals surface area contributed by atoms with Gasteiger partial charge in [-0.05, 0) is 74.9 Å². The predicted molar refractivity (Wildman–Crippen MR) is 246 cm³/mol. The van der Waals surface area contributed by atoms with Crippen molar-refractivity contribution in [3.05, 3.63) is 194 Å². The average Bonchev–Trinajstić information content (AvgIpc) is 3.28. The van der Waals surface area contributed by atoms with Gasteiger partial charge >= 0.3 is 0 Å². The van der Waals surface area contributed by atoms with Crippen molar-refractivity contribution in [1.29, 1.82) is 0 Å². The van der Waals surface area contributed by atoms with Gasteiger partial charge in [-0.15, -0.1) is 0 Å². The highest BCUT2D eigenvalue weighted by Gasteiger charge is 2.47. The number of benzene rings is 10. The second kappa shape index (κ2) is 11.9. The van der Waals surface area contributed by atoms with E-state index in [9.17, 15) is 0 Å². The zero-order chi connectivity index (χ0) is 37.2. The average molecular weight is 739 g/mol. The molecule has 0 bridgehead atoms. The van der Waals surface area contributed by atoms with Gasteiger partial charge in [0.1, 0.15) is 0 Å². The number of hydrogen-bond acceptors (Lipinski definition) is 3. The maximum Gasteiger partial charge on any atom is 0.243 e. The maximum atomic E-state index is 2.59. The quantitative estimate of drug-likeness (QED) is 0.132. The number of para-hydroxylation sites is 3. The summed E-state index contributed by atoms with van der Waals surface area (Å²) in [6.07, 6.45) is 0. The Balaban J connectivity index is 1.21. The van der Waals surface area contributed by atoms with Crippen LogP contribution >= 0.6 is 11.8 Å². The Morgan fingerprint density at radius 3 is 1.74 bits per heavy atom. The smallest absolute Gasteiger partial charge is 0.243 e. The zero-order valence-corrected chi connectivity index (χ0v) is 31.7. The summed E-state index contributed by atoms with van der Waals surface area (Å²) in [6.45, 7) is 0.139. The highest BCUT2D eigenvalue weighted by molar-refractivity contribution is 8.00. The number of nitrogens with zero attached hydrogens (tertiary/aromatic N) is 2. The van der Waals surface area contributed by atoms with Gasteiger partial charge in [-0.2, -0.15) is 0 Å². The van der Waals surface area contributed by atoms with E-state index in [0.29, 0.717) is 0 Å². The predicted octanol–water partition coefficient (Wildman–Crippen LogP) is 9.65. The van der Waals surface area contributed by atoms with E-state index in [-0.39, 0.29) is 13.4 Å². The van der Waals surface area contributed by atoms with Crippen LogP contribution < -0.4 is 42.6 Å². The normalized spacial score (nSPS) is 13.8. The molecule has 0 spiro atoms. The first kappa shape index (κ1) is 31.5. The van der Waals surface area contributed by atoms with Crippen molar-refractivity contribution in [3.63, 3.8) is 0 Å². The highest BCUT2D eigenvalue weighted by atomic mass is 32.2. The van der Waals surface area contributed by atoms with Crippen LogP contribution in [-0.4, -0.2) is 13.4 Å². The molecule has 262 valence electrons. The first-order valence-electron chi connectivity index (χ1n) is 19.8. The van der Waals surface area contributed by atoms with Crippen LogP contribution in [0.2, 0.25) is 0 Å². The lowest BCUT2D eigenvalue weighted by Crippen LogP contribution is -2.76. The summed E-state index contributed by atoms with van der Waals surface area (Å²) in [5.74, 6) is 0. The third kappa shape index (κ3) is 4.35. The van der Waals surface area contributed by atoms with E-state index >= 15 is 0 Å². The summed E-state index contributed by atoms with van der Waals surface area (Å²) in [6, 6.07) is 72.8. The highest BCUT2D eigenvalue weighted by Crippen LogP contribution is 2.56. The van der Waals surface area contributed by atoms with Gasteiger partial charge in [0.2, 0.25) is 13.4 Å². The van der Waals surface area contributed by atoms with Crippen LogP contribution in [0.15, 0.2) is 204 Å². The molecule has 5 heteroatoms. The molecular weight excluding hydrogens is 706 g/mol. The Morgan fingerprint density at radius 2 is 0.965 bits per heavy atom. The molecule has 0 N–H and O–H groups in total. The zero-order valence-electron chi connectivity index (χ0n) is 30.9. The van der Waals surface area contributed by atoms with Crippen LogP contribution in [0.5, 0.6) is 0 Å². The minimum absolute atomic E-state index is 0.0212. The lowest BCUT2D eigenvalue weighted by Gasteiger charge is -2.46. The molecule has 3 heterocycles. The fourth-order valence-electron chi connectivity index (χ4n) is 10.5.